The van der Waals surface area contributed by atoms with Gasteiger partial charge in [-0.1, -0.05) is 6.07 Å². The van der Waals surface area contributed by atoms with Crippen LogP contribution in [0, 0.1) is 11.6 Å². The molecule has 4 rings (SSSR count). The summed E-state index contributed by atoms with van der Waals surface area (Å²) in [6, 6.07) is 6.61. The maximum atomic E-state index is 13.8. The highest BCUT2D eigenvalue weighted by Crippen LogP contribution is 2.36. The summed E-state index contributed by atoms with van der Waals surface area (Å²) in [6.07, 6.45) is 3.57. The Morgan fingerprint density at radius 1 is 0.960 bits per heavy atom. The lowest BCUT2D eigenvalue weighted by molar-refractivity contribution is 0.275. The maximum Gasteiger partial charge on any atom is 0.282 e. The Bertz CT molecular complexity index is 891. The van der Waals surface area contributed by atoms with Gasteiger partial charge >= 0.3 is 0 Å². The molecular weight excluding hydrogens is 348 g/mol. The molecule has 5 nitrogen and oxygen atoms in total. The van der Waals surface area contributed by atoms with Crippen LogP contribution in [0.15, 0.2) is 36.5 Å². The summed E-state index contributed by atoms with van der Waals surface area (Å²) in [4.78, 5) is 0. The second kappa shape index (κ2) is 6.19. The summed E-state index contributed by atoms with van der Waals surface area (Å²) in [5.41, 5.74) is 1.20. The van der Waals surface area contributed by atoms with Gasteiger partial charge in [-0.25, -0.2) is 8.78 Å². The molecule has 1 atom stereocenters. The molecule has 0 radical (unpaired) electrons. The molecule has 0 saturated carbocycles. The van der Waals surface area contributed by atoms with Crippen molar-refractivity contribution in [3.8, 4) is 0 Å². The van der Waals surface area contributed by atoms with Crippen molar-refractivity contribution >= 4 is 10.2 Å². The molecule has 0 spiro atoms. The SMILES string of the molecule is O=S(=O)(N1CCCC1)N1CCn2cccc2C1c1ccc(F)c(F)c1. The second-order valence-electron chi connectivity index (χ2n) is 6.43. The predicted octanol–water partition coefficient (Wildman–Crippen LogP) is 2.51. The molecule has 25 heavy (non-hydrogen) atoms. The van der Waals surface area contributed by atoms with Gasteiger partial charge in [-0.3, -0.25) is 0 Å². The first kappa shape index (κ1) is 16.7. The number of hydrogen-bond acceptors (Lipinski definition) is 2. The van der Waals surface area contributed by atoms with Crippen molar-refractivity contribution in [1.29, 1.82) is 0 Å². The maximum absolute atomic E-state index is 13.8. The molecule has 134 valence electrons. The van der Waals surface area contributed by atoms with Gasteiger partial charge in [-0.15, -0.1) is 0 Å². The van der Waals surface area contributed by atoms with Crippen LogP contribution in [0.3, 0.4) is 0 Å². The monoisotopic (exact) mass is 367 g/mol. The number of hydrogen-bond donors (Lipinski definition) is 0. The predicted molar refractivity (Wildman–Crippen MR) is 89.1 cm³/mol. The molecule has 0 amide bonds. The standard InChI is InChI=1S/C17H19F2N3O2S/c18-14-6-5-13(12-15(14)19)17-16-4-3-7-20(16)10-11-22(17)25(23,24)21-8-1-2-9-21/h3-7,12,17H,1-2,8-11H2. The fraction of sp³-hybridized carbons (Fsp3) is 0.412. The Morgan fingerprint density at radius 3 is 2.44 bits per heavy atom. The largest absolute Gasteiger partial charge is 0.348 e. The van der Waals surface area contributed by atoms with E-state index in [9.17, 15) is 17.2 Å². The van der Waals surface area contributed by atoms with Gasteiger partial charge in [0.2, 0.25) is 0 Å². The van der Waals surface area contributed by atoms with Gasteiger partial charge in [-0.2, -0.15) is 17.0 Å². The zero-order chi connectivity index (χ0) is 17.6. The van der Waals surface area contributed by atoms with Crippen LogP contribution in [0.5, 0.6) is 0 Å². The van der Waals surface area contributed by atoms with Crippen molar-refractivity contribution < 1.29 is 17.2 Å². The topological polar surface area (TPSA) is 45.6 Å². The molecule has 2 aliphatic rings. The van der Waals surface area contributed by atoms with Crippen LogP contribution in [0.2, 0.25) is 0 Å². The summed E-state index contributed by atoms with van der Waals surface area (Å²) in [5.74, 6) is -1.91. The van der Waals surface area contributed by atoms with Crippen LogP contribution in [-0.4, -0.2) is 41.2 Å². The number of aromatic nitrogens is 1. The Morgan fingerprint density at radius 2 is 1.72 bits per heavy atom. The summed E-state index contributed by atoms with van der Waals surface area (Å²) in [5, 5.41) is 0. The van der Waals surface area contributed by atoms with Crippen molar-refractivity contribution in [2.45, 2.75) is 25.4 Å². The van der Waals surface area contributed by atoms with Gasteiger partial charge in [0.25, 0.3) is 10.2 Å². The van der Waals surface area contributed by atoms with Crippen LogP contribution in [0.1, 0.15) is 30.1 Å². The van der Waals surface area contributed by atoms with E-state index in [1.807, 2.05) is 22.9 Å². The lowest BCUT2D eigenvalue weighted by atomic mass is 10.0. The van der Waals surface area contributed by atoms with Crippen LogP contribution >= 0.6 is 0 Å². The second-order valence-corrected chi connectivity index (χ2v) is 8.31. The number of benzene rings is 1. The number of fused-ring (bicyclic) bond motifs is 1. The Hall–Kier alpha value is -1.77. The lowest BCUT2D eigenvalue weighted by Crippen LogP contribution is -2.48. The number of nitrogens with zero attached hydrogens (tertiary/aromatic N) is 3. The third kappa shape index (κ3) is 2.78. The first-order valence-corrected chi connectivity index (χ1v) is 9.75. The van der Waals surface area contributed by atoms with Crippen molar-refractivity contribution in [2.24, 2.45) is 0 Å². The van der Waals surface area contributed by atoms with E-state index in [2.05, 4.69) is 0 Å². The van der Waals surface area contributed by atoms with Crippen molar-refractivity contribution in [2.75, 3.05) is 19.6 Å². The molecule has 0 aliphatic carbocycles. The molecule has 1 aromatic heterocycles. The first-order valence-electron chi connectivity index (χ1n) is 8.35. The van der Waals surface area contributed by atoms with Gasteiger partial charge in [0.1, 0.15) is 0 Å². The molecule has 0 bridgehead atoms. The Kier molecular flexibility index (Phi) is 4.13. The van der Waals surface area contributed by atoms with E-state index in [0.717, 1.165) is 30.7 Å². The van der Waals surface area contributed by atoms with E-state index in [1.165, 1.54) is 14.7 Å². The average molecular weight is 367 g/mol. The molecule has 2 aromatic rings. The summed E-state index contributed by atoms with van der Waals surface area (Å²) >= 11 is 0. The average Bonchev–Trinajstić information content (AvgIpc) is 3.27. The minimum Gasteiger partial charge on any atom is -0.348 e. The van der Waals surface area contributed by atoms with E-state index < -0.39 is 27.9 Å². The van der Waals surface area contributed by atoms with Crippen molar-refractivity contribution in [1.82, 2.24) is 13.2 Å². The van der Waals surface area contributed by atoms with Gasteiger partial charge in [0, 0.05) is 38.1 Å². The molecule has 1 fully saturated rings. The van der Waals surface area contributed by atoms with E-state index >= 15 is 0 Å². The highest BCUT2D eigenvalue weighted by Gasteiger charge is 2.40. The number of rotatable bonds is 3. The normalized spacial score (nSPS) is 22.2. The minimum atomic E-state index is -3.67. The summed E-state index contributed by atoms with van der Waals surface area (Å²) in [6.45, 7) is 1.84. The molecule has 1 unspecified atom stereocenters. The van der Waals surface area contributed by atoms with Crippen LogP contribution in [0.25, 0.3) is 0 Å². The van der Waals surface area contributed by atoms with Crippen molar-refractivity contribution in [3.05, 3.63) is 59.4 Å². The molecule has 8 heteroatoms. The lowest BCUT2D eigenvalue weighted by Gasteiger charge is -2.38. The Balaban J connectivity index is 1.81. The third-order valence-electron chi connectivity index (χ3n) is 4.94. The van der Waals surface area contributed by atoms with Gasteiger partial charge in [0.15, 0.2) is 11.6 Å². The molecule has 0 N–H and O–H groups in total. The molecule has 1 aromatic carbocycles. The van der Waals surface area contributed by atoms with Crippen LogP contribution in [-0.2, 0) is 16.8 Å². The third-order valence-corrected chi connectivity index (χ3v) is 6.94. The van der Waals surface area contributed by atoms with E-state index in [-0.39, 0.29) is 0 Å². The van der Waals surface area contributed by atoms with Crippen LogP contribution < -0.4 is 0 Å². The fourth-order valence-electron chi connectivity index (χ4n) is 3.70. The Labute approximate surface area is 145 Å². The van der Waals surface area contributed by atoms with Crippen LogP contribution in [0.4, 0.5) is 8.78 Å². The van der Waals surface area contributed by atoms with Crippen molar-refractivity contribution in [3.63, 3.8) is 0 Å². The van der Waals surface area contributed by atoms with E-state index in [0.29, 0.717) is 31.7 Å². The molecule has 1 saturated heterocycles. The van der Waals surface area contributed by atoms with E-state index in [1.54, 1.807) is 0 Å². The number of halogens is 2. The van der Waals surface area contributed by atoms with Gasteiger partial charge in [0.05, 0.1) is 6.04 Å². The summed E-state index contributed by atoms with van der Waals surface area (Å²) < 4.78 is 58.3. The molecular formula is C17H19F2N3O2S. The zero-order valence-corrected chi connectivity index (χ0v) is 14.4. The molecule has 3 heterocycles. The highest BCUT2D eigenvalue weighted by atomic mass is 32.2. The summed E-state index contributed by atoms with van der Waals surface area (Å²) in [7, 11) is -3.67. The smallest absolute Gasteiger partial charge is 0.282 e. The van der Waals surface area contributed by atoms with Gasteiger partial charge in [-0.05, 0) is 42.7 Å². The van der Waals surface area contributed by atoms with E-state index in [4.69, 9.17) is 0 Å². The quantitative estimate of drug-likeness (QED) is 0.837. The minimum absolute atomic E-state index is 0.296. The fourth-order valence-corrected chi connectivity index (χ4v) is 5.52. The highest BCUT2D eigenvalue weighted by molar-refractivity contribution is 7.86. The first-order chi connectivity index (χ1) is 12.0. The molecule has 2 aliphatic heterocycles. The zero-order valence-electron chi connectivity index (χ0n) is 13.6. The van der Waals surface area contributed by atoms with Gasteiger partial charge < -0.3 is 4.57 Å².